The summed E-state index contributed by atoms with van der Waals surface area (Å²) in [5, 5.41) is 3.31. The van der Waals surface area contributed by atoms with Crippen LogP contribution in [0.1, 0.15) is 71.6 Å². The Morgan fingerprint density at radius 3 is 2.52 bits per heavy atom. The van der Waals surface area contributed by atoms with Gasteiger partial charge < -0.3 is 16.0 Å². The number of rotatable bonds is 10. The first-order chi connectivity index (χ1) is 9.99. The molecule has 0 aromatic carbocycles. The van der Waals surface area contributed by atoms with Gasteiger partial charge in [-0.05, 0) is 65.6 Å². The van der Waals surface area contributed by atoms with Gasteiger partial charge in [0.2, 0.25) is 5.91 Å². The Morgan fingerprint density at radius 1 is 1.29 bits per heavy atom. The molecule has 0 aliphatic heterocycles. The number of nitrogens with two attached hydrogens (primary N) is 1. The zero-order valence-electron chi connectivity index (χ0n) is 14.3. The minimum Gasteiger partial charge on any atom is -0.368 e. The van der Waals surface area contributed by atoms with Crippen molar-refractivity contribution in [3.63, 3.8) is 0 Å². The summed E-state index contributed by atoms with van der Waals surface area (Å²) >= 11 is 0. The van der Waals surface area contributed by atoms with E-state index in [1.807, 2.05) is 6.92 Å². The van der Waals surface area contributed by atoms with Crippen LogP contribution in [0.2, 0.25) is 0 Å². The lowest BCUT2D eigenvalue weighted by molar-refractivity contribution is -0.124. The smallest absolute Gasteiger partial charge is 0.237 e. The maximum absolute atomic E-state index is 11.7. The predicted octanol–water partition coefficient (Wildman–Crippen LogP) is 2.66. The third-order valence-corrected chi connectivity index (χ3v) is 4.94. The van der Waals surface area contributed by atoms with Crippen LogP contribution < -0.4 is 11.1 Å². The normalized spacial score (nSPS) is 19.6. The number of amides is 1. The zero-order valence-corrected chi connectivity index (χ0v) is 14.3. The van der Waals surface area contributed by atoms with Gasteiger partial charge in [0.15, 0.2) is 0 Å². The summed E-state index contributed by atoms with van der Waals surface area (Å²) in [5.74, 6) is -0.225. The summed E-state index contributed by atoms with van der Waals surface area (Å²) in [7, 11) is 2.25. The summed E-state index contributed by atoms with van der Waals surface area (Å²) in [6.45, 7) is 6.03. The van der Waals surface area contributed by atoms with Crippen LogP contribution >= 0.6 is 0 Å². The number of carbonyl (C=O) groups excluding carboxylic acids is 1. The second kappa shape index (κ2) is 9.42. The van der Waals surface area contributed by atoms with E-state index in [0.29, 0.717) is 0 Å². The Labute approximate surface area is 130 Å². The Hall–Kier alpha value is -0.610. The van der Waals surface area contributed by atoms with Crippen LogP contribution in [0.25, 0.3) is 0 Å². The van der Waals surface area contributed by atoms with Crippen molar-refractivity contribution in [1.82, 2.24) is 10.2 Å². The molecule has 4 nitrogen and oxygen atoms in total. The molecule has 0 aromatic heterocycles. The fraction of sp³-hybridized carbons (Fsp3) is 0.941. The maximum Gasteiger partial charge on any atom is 0.237 e. The van der Waals surface area contributed by atoms with Gasteiger partial charge in [-0.15, -0.1) is 0 Å². The van der Waals surface area contributed by atoms with Crippen LogP contribution in [-0.2, 0) is 4.79 Å². The molecule has 1 aliphatic carbocycles. The lowest BCUT2D eigenvalue weighted by atomic mass is 9.92. The summed E-state index contributed by atoms with van der Waals surface area (Å²) < 4.78 is 0. The van der Waals surface area contributed by atoms with E-state index < -0.39 is 5.54 Å². The highest BCUT2D eigenvalue weighted by molar-refractivity contribution is 5.84. The van der Waals surface area contributed by atoms with Crippen LogP contribution in [-0.4, -0.2) is 42.5 Å². The average Bonchev–Trinajstić information content (AvgIpc) is 2.50. The molecule has 0 bridgehead atoms. The van der Waals surface area contributed by atoms with Gasteiger partial charge in [0.1, 0.15) is 0 Å². The zero-order chi connectivity index (χ0) is 15.7. The molecule has 0 aromatic rings. The molecule has 1 rings (SSSR count). The van der Waals surface area contributed by atoms with E-state index in [1.165, 1.54) is 32.1 Å². The number of hydrogen-bond donors (Lipinski definition) is 2. The van der Waals surface area contributed by atoms with Crippen LogP contribution in [0.15, 0.2) is 0 Å². The van der Waals surface area contributed by atoms with Gasteiger partial charge in [-0.25, -0.2) is 0 Å². The molecule has 1 aliphatic rings. The van der Waals surface area contributed by atoms with E-state index >= 15 is 0 Å². The van der Waals surface area contributed by atoms with E-state index in [4.69, 9.17) is 5.73 Å². The van der Waals surface area contributed by atoms with E-state index in [0.717, 1.165) is 44.8 Å². The number of unbranched alkanes of at least 4 members (excludes halogenated alkanes) is 1. The third-order valence-electron chi connectivity index (χ3n) is 4.94. The van der Waals surface area contributed by atoms with E-state index in [9.17, 15) is 4.79 Å². The van der Waals surface area contributed by atoms with Crippen molar-refractivity contribution >= 4 is 5.91 Å². The summed E-state index contributed by atoms with van der Waals surface area (Å²) in [5.41, 5.74) is 5.02. The molecular formula is C17H35N3O. The Morgan fingerprint density at radius 2 is 1.95 bits per heavy atom. The quantitative estimate of drug-likeness (QED) is 0.610. The summed E-state index contributed by atoms with van der Waals surface area (Å²) in [4.78, 5) is 14.2. The number of carbonyl (C=O) groups is 1. The maximum atomic E-state index is 11.7. The molecule has 21 heavy (non-hydrogen) atoms. The highest BCUT2D eigenvalue weighted by Gasteiger charge is 2.29. The molecule has 1 atom stereocenters. The fourth-order valence-corrected chi connectivity index (χ4v) is 3.24. The van der Waals surface area contributed by atoms with Gasteiger partial charge in [0, 0.05) is 6.04 Å². The first-order valence-corrected chi connectivity index (χ1v) is 8.75. The SMILES string of the molecule is CCCNC(C)(CCCCN(C)C1CCCCC1)C(N)=O. The molecule has 1 saturated carbocycles. The van der Waals surface area contributed by atoms with Crippen molar-refractivity contribution < 1.29 is 4.79 Å². The molecular weight excluding hydrogens is 262 g/mol. The van der Waals surface area contributed by atoms with Gasteiger partial charge in [-0.1, -0.05) is 26.2 Å². The van der Waals surface area contributed by atoms with Gasteiger partial charge in [0.05, 0.1) is 5.54 Å². The summed E-state index contributed by atoms with van der Waals surface area (Å²) in [6.07, 6.45) is 10.9. The van der Waals surface area contributed by atoms with Gasteiger partial charge in [-0.2, -0.15) is 0 Å². The molecule has 0 heterocycles. The lowest BCUT2D eigenvalue weighted by Crippen LogP contribution is -2.53. The lowest BCUT2D eigenvalue weighted by Gasteiger charge is -2.32. The average molecular weight is 297 g/mol. The molecule has 4 heteroatoms. The molecule has 124 valence electrons. The predicted molar refractivity (Wildman–Crippen MR) is 89.2 cm³/mol. The van der Waals surface area contributed by atoms with Crippen molar-refractivity contribution in [2.24, 2.45) is 5.73 Å². The second-order valence-corrected chi connectivity index (χ2v) is 6.85. The van der Waals surface area contributed by atoms with E-state index in [-0.39, 0.29) is 5.91 Å². The Bertz CT molecular complexity index is 302. The summed E-state index contributed by atoms with van der Waals surface area (Å²) in [6, 6.07) is 0.777. The minimum absolute atomic E-state index is 0.225. The molecule has 0 saturated heterocycles. The van der Waals surface area contributed by atoms with Gasteiger partial charge >= 0.3 is 0 Å². The Balaban J connectivity index is 2.25. The molecule has 0 spiro atoms. The van der Waals surface area contributed by atoms with Crippen molar-refractivity contribution in [2.45, 2.75) is 83.2 Å². The first kappa shape index (κ1) is 18.4. The van der Waals surface area contributed by atoms with Gasteiger partial charge in [0.25, 0.3) is 0 Å². The van der Waals surface area contributed by atoms with Crippen LogP contribution in [0.3, 0.4) is 0 Å². The highest BCUT2D eigenvalue weighted by Crippen LogP contribution is 2.22. The Kier molecular flexibility index (Phi) is 8.27. The number of nitrogens with zero attached hydrogens (tertiary/aromatic N) is 1. The van der Waals surface area contributed by atoms with E-state index in [1.54, 1.807) is 0 Å². The largest absolute Gasteiger partial charge is 0.368 e. The minimum atomic E-state index is -0.542. The van der Waals surface area contributed by atoms with Crippen molar-refractivity contribution in [1.29, 1.82) is 0 Å². The molecule has 0 radical (unpaired) electrons. The molecule has 1 unspecified atom stereocenters. The fourth-order valence-electron chi connectivity index (χ4n) is 3.24. The standard InChI is InChI=1S/C17H35N3O/c1-4-13-19-17(2,16(18)21)12-8-9-14-20(3)15-10-6-5-7-11-15/h15,19H,4-14H2,1-3H3,(H2,18,21). The van der Waals surface area contributed by atoms with Gasteiger partial charge in [-0.3, -0.25) is 4.79 Å². The van der Waals surface area contributed by atoms with Crippen molar-refractivity contribution in [3.05, 3.63) is 0 Å². The molecule has 1 amide bonds. The number of primary amides is 1. The van der Waals surface area contributed by atoms with Crippen molar-refractivity contribution in [2.75, 3.05) is 20.1 Å². The topological polar surface area (TPSA) is 58.4 Å². The second-order valence-electron chi connectivity index (χ2n) is 6.85. The molecule has 3 N–H and O–H groups in total. The molecule has 1 fully saturated rings. The monoisotopic (exact) mass is 297 g/mol. The number of nitrogens with one attached hydrogen (secondary N) is 1. The third kappa shape index (κ3) is 6.35. The highest BCUT2D eigenvalue weighted by atomic mass is 16.1. The first-order valence-electron chi connectivity index (χ1n) is 8.75. The van der Waals surface area contributed by atoms with Crippen LogP contribution in [0.4, 0.5) is 0 Å². The van der Waals surface area contributed by atoms with Crippen LogP contribution in [0.5, 0.6) is 0 Å². The number of hydrogen-bond acceptors (Lipinski definition) is 3. The van der Waals surface area contributed by atoms with Crippen LogP contribution in [0, 0.1) is 0 Å². The van der Waals surface area contributed by atoms with Crippen molar-refractivity contribution in [3.8, 4) is 0 Å². The van der Waals surface area contributed by atoms with E-state index in [2.05, 4.69) is 24.2 Å².